The van der Waals surface area contributed by atoms with Gasteiger partial charge < -0.3 is 5.73 Å². The Labute approximate surface area is 88.7 Å². The number of hydrogen-bond donors (Lipinski definition) is 2. The van der Waals surface area contributed by atoms with Crippen molar-refractivity contribution in [3.63, 3.8) is 0 Å². The molecule has 1 atom stereocenters. The van der Waals surface area contributed by atoms with Crippen LogP contribution in [0.1, 0.15) is 6.92 Å². The van der Waals surface area contributed by atoms with Gasteiger partial charge in [0.25, 0.3) is 0 Å². The Morgan fingerprint density at radius 2 is 2.20 bits per heavy atom. The van der Waals surface area contributed by atoms with Gasteiger partial charge in [0, 0.05) is 7.05 Å². The number of hydrogen-bond acceptors (Lipinski definition) is 5. The van der Waals surface area contributed by atoms with Crippen molar-refractivity contribution in [2.75, 3.05) is 0 Å². The molecule has 0 saturated carbocycles. The van der Waals surface area contributed by atoms with Crippen molar-refractivity contribution in [2.24, 2.45) is 12.8 Å². The Morgan fingerprint density at radius 3 is 2.73 bits per heavy atom. The second-order valence-electron chi connectivity index (χ2n) is 2.86. The van der Waals surface area contributed by atoms with E-state index < -0.39 is 22.3 Å². The number of nitrogens with one attached hydrogen (secondary N) is 1. The third-order valence-electron chi connectivity index (χ3n) is 1.63. The number of nitrogens with zero attached hydrogens (tertiary/aromatic N) is 2. The maximum Gasteiger partial charge on any atom is 0.339 e. The van der Waals surface area contributed by atoms with Gasteiger partial charge in [-0.3, -0.25) is 24.2 Å². The zero-order valence-corrected chi connectivity index (χ0v) is 9.00. The minimum atomic E-state index is -0.882. The molecule has 0 fully saturated rings. The standard InChI is InChI=1S/C7H10N4O3S/c1-3(4(8)12)15-7-9-5(13)6(14)10-11(7)2/h3H,1-2H3,(H2,8,12)(H,10,14). The van der Waals surface area contributed by atoms with E-state index in [9.17, 15) is 14.4 Å². The second-order valence-corrected chi connectivity index (χ2v) is 4.17. The summed E-state index contributed by atoms with van der Waals surface area (Å²) in [6.07, 6.45) is 0. The van der Waals surface area contributed by atoms with Crippen molar-refractivity contribution in [2.45, 2.75) is 17.3 Å². The van der Waals surface area contributed by atoms with Crippen molar-refractivity contribution < 1.29 is 4.79 Å². The van der Waals surface area contributed by atoms with E-state index in [1.807, 2.05) is 0 Å². The minimum Gasteiger partial charge on any atom is -0.369 e. The smallest absolute Gasteiger partial charge is 0.339 e. The number of carbonyl (C=O) groups is 1. The van der Waals surface area contributed by atoms with Gasteiger partial charge in [0.1, 0.15) is 0 Å². The summed E-state index contributed by atoms with van der Waals surface area (Å²) in [5.74, 6) is -0.513. The van der Waals surface area contributed by atoms with Gasteiger partial charge in [0.2, 0.25) is 5.91 Å². The molecule has 0 aliphatic carbocycles. The zero-order valence-electron chi connectivity index (χ0n) is 8.18. The van der Waals surface area contributed by atoms with Gasteiger partial charge in [-0.05, 0) is 6.92 Å². The van der Waals surface area contributed by atoms with Crippen LogP contribution >= 0.6 is 11.8 Å². The summed E-state index contributed by atoms with van der Waals surface area (Å²) >= 11 is 1.01. The van der Waals surface area contributed by atoms with Gasteiger partial charge in [-0.25, -0.2) is 0 Å². The molecule has 1 unspecified atom stereocenters. The number of aryl methyl sites for hydroxylation is 1. The van der Waals surface area contributed by atoms with Gasteiger partial charge in [-0.1, -0.05) is 11.8 Å². The lowest BCUT2D eigenvalue weighted by Gasteiger charge is -2.08. The maximum absolute atomic E-state index is 10.9. The molecule has 82 valence electrons. The van der Waals surface area contributed by atoms with E-state index in [1.165, 1.54) is 11.7 Å². The molecule has 8 heteroatoms. The van der Waals surface area contributed by atoms with Gasteiger partial charge in [-0.15, -0.1) is 0 Å². The van der Waals surface area contributed by atoms with Crippen LogP contribution in [0, 0.1) is 0 Å². The van der Waals surface area contributed by atoms with Crippen molar-refractivity contribution in [1.82, 2.24) is 14.8 Å². The lowest BCUT2D eigenvalue weighted by Crippen LogP contribution is -2.34. The molecule has 1 aromatic rings. The lowest BCUT2D eigenvalue weighted by atomic mass is 10.5. The maximum atomic E-state index is 10.9. The molecule has 0 aliphatic rings. The highest BCUT2D eigenvalue weighted by Crippen LogP contribution is 2.17. The molecule has 1 rings (SSSR count). The fraction of sp³-hybridized carbons (Fsp3) is 0.429. The molecule has 3 N–H and O–H groups in total. The van der Waals surface area contributed by atoms with Gasteiger partial charge in [-0.2, -0.15) is 4.98 Å². The number of H-pyrrole nitrogens is 1. The third kappa shape index (κ3) is 2.69. The largest absolute Gasteiger partial charge is 0.369 e. The third-order valence-corrected chi connectivity index (χ3v) is 2.79. The molecule has 0 saturated heterocycles. The van der Waals surface area contributed by atoms with E-state index in [-0.39, 0.29) is 5.16 Å². The SMILES string of the molecule is CC(Sc1nc(=O)c(=O)[nH]n1C)C(N)=O. The number of aromatic nitrogens is 3. The number of carbonyl (C=O) groups excluding carboxylic acids is 1. The average molecular weight is 230 g/mol. The molecule has 0 bridgehead atoms. The van der Waals surface area contributed by atoms with E-state index in [0.717, 1.165) is 11.8 Å². The summed E-state index contributed by atoms with van der Waals surface area (Å²) in [4.78, 5) is 36.1. The van der Waals surface area contributed by atoms with Crippen LogP contribution in [-0.4, -0.2) is 25.9 Å². The number of thioether (sulfide) groups is 1. The molecule has 0 spiro atoms. The molecule has 1 amide bonds. The number of aromatic amines is 1. The monoisotopic (exact) mass is 230 g/mol. The number of nitrogens with two attached hydrogens (primary N) is 1. The fourth-order valence-corrected chi connectivity index (χ4v) is 1.55. The van der Waals surface area contributed by atoms with Crippen LogP contribution in [0.25, 0.3) is 0 Å². The van der Waals surface area contributed by atoms with Crippen LogP contribution in [0.2, 0.25) is 0 Å². The molecule has 0 aromatic carbocycles. The first-order chi connectivity index (χ1) is 6.91. The first kappa shape index (κ1) is 11.5. The summed E-state index contributed by atoms with van der Waals surface area (Å²) in [6, 6.07) is 0. The normalized spacial score (nSPS) is 12.4. The van der Waals surface area contributed by atoms with Crippen LogP contribution in [0.3, 0.4) is 0 Å². The summed E-state index contributed by atoms with van der Waals surface area (Å²) < 4.78 is 1.27. The van der Waals surface area contributed by atoms with E-state index >= 15 is 0 Å². The lowest BCUT2D eigenvalue weighted by molar-refractivity contribution is -0.117. The highest BCUT2D eigenvalue weighted by molar-refractivity contribution is 8.00. The van der Waals surface area contributed by atoms with Crippen molar-refractivity contribution >= 4 is 17.7 Å². The molecule has 15 heavy (non-hydrogen) atoms. The Balaban J connectivity index is 3.06. The Hall–Kier alpha value is -1.57. The molecule has 0 aliphatic heterocycles. The van der Waals surface area contributed by atoms with Crippen LogP contribution in [-0.2, 0) is 11.8 Å². The Morgan fingerprint density at radius 1 is 1.60 bits per heavy atom. The predicted molar refractivity (Wildman–Crippen MR) is 54.6 cm³/mol. The molecule has 7 nitrogen and oxygen atoms in total. The van der Waals surface area contributed by atoms with Gasteiger partial charge in [0.05, 0.1) is 5.25 Å². The second kappa shape index (κ2) is 4.30. The summed E-state index contributed by atoms with van der Waals surface area (Å²) in [6.45, 7) is 1.59. The average Bonchev–Trinajstić information content (AvgIpc) is 2.13. The van der Waals surface area contributed by atoms with Crippen molar-refractivity contribution in [3.05, 3.63) is 20.7 Å². The highest BCUT2D eigenvalue weighted by atomic mass is 32.2. The molecule has 1 aromatic heterocycles. The Bertz CT molecular complexity index is 492. The van der Waals surface area contributed by atoms with Crippen molar-refractivity contribution in [1.29, 1.82) is 0 Å². The number of amides is 1. The van der Waals surface area contributed by atoms with E-state index in [2.05, 4.69) is 10.1 Å². The van der Waals surface area contributed by atoms with Crippen LogP contribution in [0.4, 0.5) is 0 Å². The van der Waals surface area contributed by atoms with Crippen LogP contribution < -0.4 is 16.9 Å². The highest BCUT2D eigenvalue weighted by Gasteiger charge is 2.14. The minimum absolute atomic E-state index is 0.242. The van der Waals surface area contributed by atoms with Gasteiger partial charge in [0.15, 0.2) is 5.16 Å². The molecule has 1 heterocycles. The van der Waals surface area contributed by atoms with E-state index in [0.29, 0.717) is 0 Å². The summed E-state index contributed by atoms with van der Waals surface area (Å²) in [5.41, 5.74) is 3.38. The van der Waals surface area contributed by atoms with Crippen LogP contribution in [0.5, 0.6) is 0 Å². The van der Waals surface area contributed by atoms with Crippen molar-refractivity contribution in [3.8, 4) is 0 Å². The summed E-state index contributed by atoms with van der Waals surface area (Å²) in [7, 11) is 1.52. The molecule has 0 radical (unpaired) electrons. The Kier molecular flexibility index (Phi) is 3.30. The van der Waals surface area contributed by atoms with E-state index in [1.54, 1.807) is 6.92 Å². The van der Waals surface area contributed by atoms with Crippen LogP contribution in [0.15, 0.2) is 14.7 Å². The first-order valence-corrected chi connectivity index (χ1v) is 4.93. The zero-order chi connectivity index (χ0) is 11.6. The van der Waals surface area contributed by atoms with Gasteiger partial charge >= 0.3 is 11.1 Å². The first-order valence-electron chi connectivity index (χ1n) is 4.05. The number of primary amides is 1. The summed E-state index contributed by atoms with van der Waals surface area (Å²) in [5, 5.41) is 1.99. The quantitative estimate of drug-likeness (QED) is 0.481. The van der Waals surface area contributed by atoms with E-state index in [4.69, 9.17) is 5.73 Å². The number of rotatable bonds is 3. The topological polar surface area (TPSA) is 111 Å². The fourth-order valence-electron chi connectivity index (χ4n) is 0.782. The molecular weight excluding hydrogens is 220 g/mol. The molecular formula is C7H10N4O3S. The predicted octanol–water partition coefficient (Wildman–Crippen LogP) is -1.57.